The van der Waals surface area contributed by atoms with E-state index in [2.05, 4.69) is 30.6 Å². The van der Waals surface area contributed by atoms with Crippen LogP contribution in [0.5, 0.6) is 0 Å². The quantitative estimate of drug-likeness (QED) is 0.568. The first-order chi connectivity index (χ1) is 12.7. The molecule has 0 aliphatic rings. The van der Waals surface area contributed by atoms with Crippen molar-refractivity contribution in [1.82, 2.24) is 19.9 Å². The predicted molar refractivity (Wildman–Crippen MR) is 102 cm³/mol. The molecule has 0 fully saturated rings. The number of aromatic nitrogens is 4. The number of hydrogen-bond donors (Lipinski definition) is 3. The fourth-order valence-corrected chi connectivity index (χ4v) is 2.46. The lowest BCUT2D eigenvalue weighted by atomic mass is 10.3. The second-order valence-corrected chi connectivity index (χ2v) is 6.05. The molecule has 8 nitrogen and oxygen atoms in total. The minimum absolute atomic E-state index is 0.252. The molecule has 0 radical (unpaired) electrons. The molecule has 0 saturated heterocycles. The van der Waals surface area contributed by atoms with Crippen molar-refractivity contribution in [2.75, 3.05) is 22.6 Å². The van der Waals surface area contributed by atoms with Gasteiger partial charge in [0.05, 0.1) is 30.3 Å². The van der Waals surface area contributed by atoms with Crippen LogP contribution in [0.25, 0.3) is 0 Å². The number of nitrogens with zero attached hydrogens (tertiary/aromatic N) is 4. The Morgan fingerprint density at radius 3 is 2.77 bits per heavy atom. The number of anilines is 3. The summed E-state index contributed by atoms with van der Waals surface area (Å²) in [5, 5.41) is 6.72. The van der Waals surface area contributed by atoms with Crippen molar-refractivity contribution in [3.8, 4) is 0 Å². The van der Waals surface area contributed by atoms with Crippen LogP contribution in [0.2, 0.25) is 0 Å². The van der Waals surface area contributed by atoms with E-state index in [1.54, 1.807) is 36.8 Å². The Bertz CT molecular complexity index is 902. The number of carbonyl (C=O) groups excluding carboxylic acids is 1. The monoisotopic (exact) mass is 367 g/mol. The molecular formula is C17H17N7OS. The van der Waals surface area contributed by atoms with Crippen LogP contribution in [-0.4, -0.2) is 32.1 Å². The van der Waals surface area contributed by atoms with E-state index in [4.69, 9.17) is 5.73 Å². The van der Waals surface area contributed by atoms with Crippen LogP contribution in [0.1, 0.15) is 16.2 Å². The highest BCUT2D eigenvalue weighted by atomic mass is 32.2. The lowest BCUT2D eigenvalue weighted by Gasteiger charge is -2.09. The molecule has 3 aromatic heterocycles. The minimum atomic E-state index is -0.327. The molecule has 0 aliphatic carbocycles. The summed E-state index contributed by atoms with van der Waals surface area (Å²) in [5.41, 5.74) is 8.15. The number of amides is 1. The third kappa shape index (κ3) is 4.45. The van der Waals surface area contributed by atoms with Crippen LogP contribution in [0.3, 0.4) is 0 Å². The van der Waals surface area contributed by atoms with Crippen molar-refractivity contribution >= 4 is 34.9 Å². The first kappa shape index (κ1) is 17.6. The van der Waals surface area contributed by atoms with Gasteiger partial charge in [-0.1, -0.05) is 0 Å². The van der Waals surface area contributed by atoms with Gasteiger partial charge in [-0.2, -0.15) is 0 Å². The highest BCUT2D eigenvalue weighted by Gasteiger charge is 2.09. The van der Waals surface area contributed by atoms with Gasteiger partial charge in [0, 0.05) is 18.1 Å². The number of nitrogens with one attached hydrogen (secondary N) is 2. The number of thioether (sulfide) groups is 1. The molecule has 0 aliphatic heterocycles. The number of nitrogen functional groups attached to an aromatic ring is 1. The lowest BCUT2D eigenvalue weighted by molar-refractivity contribution is 0.102. The normalized spacial score (nSPS) is 10.3. The zero-order valence-electron chi connectivity index (χ0n) is 14.0. The smallest absolute Gasteiger partial charge is 0.275 e. The van der Waals surface area contributed by atoms with Gasteiger partial charge in [-0.15, -0.1) is 11.8 Å². The molecule has 0 aromatic carbocycles. The SMILES string of the molecule is CSc1cnc(C(=O)Nc2ccnc(CNc3cccnc3N)c2)cn1. The molecule has 3 rings (SSSR count). The number of pyridine rings is 2. The van der Waals surface area contributed by atoms with Gasteiger partial charge in [0.15, 0.2) is 0 Å². The average Bonchev–Trinajstić information content (AvgIpc) is 2.68. The first-order valence-corrected chi connectivity index (χ1v) is 8.95. The molecule has 132 valence electrons. The molecule has 1 amide bonds. The van der Waals surface area contributed by atoms with Crippen molar-refractivity contribution in [2.24, 2.45) is 0 Å². The summed E-state index contributed by atoms with van der Waals surface area (Å²) in [5.74, 6) is 0.0935. The van der Waals surface area contributed by atoms with E-state index < -0.39 is 0 Å². The zero-order chi connectivity index (χ0) is 18.4. The zero-order valence-corrected chi connectivity index (χ0v) is 14.8. The summed E-state index contributed by atoms with van der Waals surface area (Å²) in [4.78, 5) is 28.8. The van der Waals surface area contributed by atoms with Gasteiger partial charge in [0.1, 0.15) is 16.5 Å². The summed E-state index contributed by atoms with van der Waals surface area (Å²) in [6, 6.07) is 7.13. The average molecular weight is 367 g/mol. The summed E-state index contributed by atoms with van der Waals surface area (Å²) >= 11 is 1.47. The maximum absolute atomic E-state index is 12.3. The molecule has 4 N–H and O–H groups in total. The third-order valence-electron chi connectivity index (χ3n) is 3.44. The molecular weight excluding hydrogens is 350 g/mol. The minimum Gasteiger partial charge on any atom is -0.382 e. The van der Waals surface area contributed by atoms with Gasteiger partial charge in [-0.05, 0) is 30.5 Å². The van der Waals surface area contributed by atoms with E-state index in [1.165, 1.54) is 18.0 Å². The predicted octanol–water partition coefficient (Wildman–Crippen LogP) is 2.44. The summed E-state index contributed by atoms with van der Waals surface area (Å²) in [6.07, 6.45) is 8.18. The van der Waals surface area contributed by atoms with Crippen LogP contribution in [0.4, 0.5) is 17.2 Å². The van der Waals surface area contributed by atoms with Gasteiger partial charge in [0.25, 0.3) is 5.91 Å². The van der Waals surface area contributed by atoms with Gasteiger partial charge < -0.3 is 16.4 Å². The second-order valence-electron chi connectivity index (χ2n) is 5.22. The Morgan fingerprint density at radius 2 is 2.04 bits per heavy atom. The van der Waals surface area contributed by atoms with Crippen LogP contribution < -0.4 is 16.4 Å². The molecule has 0 bridgehead atoms. The van der Waals surface area contributed by atoms with Crippen LogP contribution in [0, 0.1) is 0 Å². The summed E-state index contributed by atoms with van der Waals surface area (Å²) < 4.78 is 0. The largest absolute Gasteiger partial charge is 0.382 e. The summed E-state index contributed by atoms with van der Waals surface area (Å²) in [7, 11) is 0. The van der Waals surface area contributed by atoms with Gasteiger partial charge in [-0.3, -0.25) is 9.78 Å². The standard InChI is InChI=1S/C17H17N7OS/c1-26-15-10-22-14(9-23-15)17(25)24-11-4-6-19-12(7-11)8-21-13-3-2-5-20-16(13)18/h2-7,9-10,21H,8H2,1H3,(H2,18,20)(H,19,24,25). The number of rotatable bonds is 6. The Hall–Kier alpha value is -3.20. The molecule has 0 saturated carbocycles. The Morgan fingerprint density at radius 1 is 1.15 bits per heavy atom. The van der Waals surface area contributed by atoms with Crippen molar-refractivity contribution in [3.63, 3.8) is 0 Å². The molecule has 3 heterocycles. The van der Waals surface area contributed by atoms with Gasteiger partial charge in [0.2, 0.25) is 0 Å². The van der Waals surface area contributed by atoms with E-state index in [1.807, 2.05) is 12.3 Å². The second kappa shape index (κ2) is 8.26. The van der Waals surface area contributed by atoms with E-state index in [-0.39, 0.29) is 11.6 Å². The van der Waals surface area contributed by atoms with E-state index >= 15 is 0 Å². The van der Waals surface area contributed by atoms with Crippen molar-refractivity contribution in [1.29, 1.82) is 0 Å². The van der Waals surface area contributed by atoms with Crippen LogP contribution in [-0.2, 0) is 6.54 Å². The van der Waals surface area contributed by atoms with E-state index in [9.17, 15) is 4.79 Å². The van der Waals surface area contributed by atoms with Gasteiger partial charge >= 0.3 is 0 Å². The topological polar surface area (TPSA) is 119 Å². The maximum atomic E-state index is 12.3. The molecule has 0 unspecified atom stereocenters. The number of nitrogens with two attached hydrogens (primary N) is 1. The van der Waals surface area contributed by atoms with Crippen molar-refractivity contribution in [2.45, 2.75) is 11.6 Å². The molecule has 0 atom stereocenters. The van der Waals surface area contributed by atoms with E-state index in [0.29, 0.717) is 18.1 Å². The first-order valence-electron chi connectivity index (χ1n) is 7.72. The van der Waals surface area contributed by atoms with E-state index in [0.717, 1.165) is 16.4 Å². The maximum Gasteiger partial charge on any atom is 0.275 e. The van der Waals surface area contributed by atoms with Crippen molar-refractivity contribution in [3.05, 3.63) is 60.4 Å². The Balaban J connectivity index is 1.65. The van der Waals surface area contributed by atoms with Crippen LogP contribution in [0.15, 0.2) is 54.1 Å². The summed E-state index contributed by atoms with van der Waals surface area (Å²) in [6.45, 7) is 0.446. The number of hydrogen-bond acceptors (Lipinski definition) is 8. The Kier molecular flexibility index (Phi) is 5.59. The Labute approximate surface area is 154 Å². The molecule has 26 heavy (non-hydrogen) atoms. The number of carbonyl (C=O) groups is 1. The fourth-order valence-electron chi connectivity index (χ4n) is 2.14. The van der Waals surface area contributed by atoms with Gasteiger partial charge in [-0.25, -0.2) is 15.0 Å². The third-order valence-corrected chi connectivity index (χ3v) is 4.07. The molecule has 0 spiro atoms. The molecule has 3 aromatic rings. The highest BCUT2D eigenvalue weighted by molar-refractivity contribution is 7.98. The van der Waals surface area contributed by atoms with Crippen LogP contribution >= 0.6 is 11.8 Å². The highest BCUT2D eigenvalue weighted by Crippen LogP contribution is 2.16. The molecule has 9 heteroatoms. The van der Waals surface area contributed by atoms with Crippen molar-refractivity contribution < 1.29 is 4.79 Å². The fraction of sp³-hybridized carbons (Fsp3) is 0.118. The lowest BCUT2D eigenvalue weighted by Crippen LogP contribution is -2.14.